The van der Waals surface area contributed by atoms with Gasteiger partial charge in [-0.1, -0.05) is 17.3 Å². The van der Waals surface area contributed by atoms with Gasteiger partial charge in [-0.25, -0.2) is 4.79 Å². The van der Waals surface area contributed by atoms with Crippen molar-refractivity contribution in [1.29, 1.82) is 0 Å². The lowest BCUT2D eigenvalue weighted by atomic mass is 10.1. The van der Waals surface area contributed by atoms with Crippen molar-refractivity contribution >= 4 is 17.7 Å². The highest BCUT2D eigenvalue weighted by molar-refractivity contribution is 5.89. The van der Waals surface area contributed by atoms with Gasteiger partial charge in [0.05, 0.1) is 12.5 Å². The normalized spacial score (nSPS) is 11.7. The second-order valence-corrected chi connectivity index (χ2v) is 4.36. The Morgan fingerprint density at radius 2 is 2.05 bits per heavy atom. The highest BCUT2D eigenvalue weighted by Crippen LogP contribution is 2.11. The number of hydrogen-bond acceptors (Lipinski definition) is 5. The van der Waals surface area contributed by atoms with E-state index in [0.717, 1.165) is 0 Å². The van der Waals surface area contributed by atoms with E-state index < -0.39 is 18.0 Å². The third-order valence-corrected chi connectivity index (χ3v) is 2.66. The van der Waals surface area contributed by atoms with Crippen LogP contribution >= 0.6 is 0 Å². The third kappa shape index (κ3) is 4.27. The molecule has 9 nitrogen and oxygen atoms in total. The minimum Gasteiger partial charge on any atom is -0.481 e. The summed E-state index contributed by atoms with van der Waals surface area (Å²) >= 11 is 0. The van der Waals surface area contributed by atoms with Gasteiger partial charge in [-0.2, -0.15) is 5.21 Å². The fourth-order valence-electron chi connectivity index (χ4n) is 1.66. The number of carbonyl (C=O) groups excluding carboxylic acids is 1. The van der Waals surface area contributed by atoms with Gasteiger partial charge in [0.15, 0.2) is 5.82 Å². The minimum absolute atomic E-state index is 0.0542. The molecule has 1 heterocycles. The van der Waals surface area contributed by atoms with Crippen molar-refractivity contribution in [3.05, 3.63) is 35.7 Å². The zero-order valence-corrected chi connectivity index (χ0v) is 11.2. The number of benzene rings is 1. The Bertz CT molecular complexity index is 610. The molecule has 0 aliphatic heterocycles. The van der Waals surface area contributed by atoms with Gasteiger partial charge in [0.25, 0.3) is 0 Å². The predicted molar refractivity (Wildman–Crippen MR) is 72.5 cm³/mol. The first kappa shape index (κ1) is 14.4. The second-order valence-electron chi connectivity index (χ2n) is 4.36. The van der Waals surface area contributed by atoms with Gasteiger partial charge < -0.3 is 15.7 Å². The number of hydrogen-bond donors (Lipinski definition) is 4. The summed E-state index contributed by atoms with van der Waals surface area (Å²) in [5, 5.41) is 27.2. The molecule has 0 fully saturated rings. The lowest BCUT2D eigenvalue weighted by Gasteiger charge is -2.11. The first-order valence-corrected chi connectivity index (χ1v) is 6.16. The van der Waals surface area contributed by atoms with E-state index in [1.165, 1.54) is 0 Å². The van der Waals surface area contributed by atoms with Crippen LogP contribution in [0.2, 0.25) is 0 Å². The largest absolute Gasteiger partial charge is 0.481 e. The zero-order chi connectivity index (χ0) is 15.2. The summed E-state index contributed by atoms with van der Waals surface area (Å²) in [5.74, 6) is -0.524. The van der Waals surface area contributed by atoms with Gasteiger partial charge >= 0.3 is 12.0 Å². The number of aliphatic carboxylic acids is 1. The van der Waals surface area contributed by atoms with Crippen molar-refractivity contribution in [3.8, 4) is 0 Å². The molecule has 2 aromatic rings. The molecular formula is C12H14N6O3. The first-order chi connectivity index (χ1) is 10.0. The van der Waals surface area contributed by atoms with Crippen LogP contribution in [0.1, 0.15) is 24.4 Å². The zero-order valence-electron chi connectivity index (χ0n) is 11.2. The number of H-pyrrole nitrogens is 1. The molecule has 0 radical (unpaired) electrons. The standard InChI is InChI=1S/C12H14N6O3/c1-7(11-15-17-18-16-11)13-12(21)14-9-4-2-8(3-5-9)6-10(19)20/h2-5,7H,6H2,1H3,(H,19,20)(H2,13,14,21)(H,15,16,17,18). The van der Waals surface area contributed by atoms with Crippen molar-refractivity contribution in [2.75, 3.05) is 5.32 Å². The number of carboxylic acids is 1. The Kier molecular flexibility index (Phi) is 4.44. The number of anilines is 1. The molecule has 0 bridgehead atoms. The molecule has 1 aromatic heterocycles. The topological polar surface area (TPSA) is 133 Å². The van der Waals surface area contributed by atoms with Crippen LogP contribution in [0.15, 0.2) is 24.3 Å². The molecule has 2 rings (SSSR count). The van der Waals surface area contributed by atoms with E-state index in [1.807, 2.05) is 0 Å². The van der Waals surface area contributed by atoms with E-state index >= 15 is 0 Å². The smallest absolute Gasteiger partial charge is 0.319 e. The van der Waals surface area contributed by atoms with Crippen LogP contribution in [0.3, 0.4) is 0 Å². The van der Waals surface area contributed by atoms with Crippen LogP contribution in [0.25, 0.3) is 0 Å². The average Bonchev–Trinajstić information content (AvgIpc) is 2.94. The number of urea groups is 1. The quantitative estimate of drug-likeness (QED) is 0.641. The summed E-state index contributed by atoms with van der Waals surface area (Å²) in [5.41, 5.74) is 1.22. The Morgan fingerprint density at radius 1 is 1.33 bits per heavy atom. The van der Waals surface area contributed by atoms with Crippen LogP contribution in [-0.2, 0) is 11.2 Å². The highest BCUT2D eigenvalue weighted by atomic mass is 16.4. The summed E-state index contributed by atoms with van der Waals surface area (Å²) in [6.45, 7) is 1.72. The van der Waals surface area contributed by atoms with Crippen LogP contribution < -0.4 is 10.6 Å². The molecule has 1 aromatic carbocycles. The van der Waals surface area contributed by atoms with Crippen LogP contribution in [0, 0.1) is 0 Å². The number of rotatable bonds is 5. The molecular weight excluding hydrogens is 276 g/mol. The van der Waals surface area contributed by atoms with E-state index in [9.17, 15) is 9.59 Å². The van der Waals surface area contributed by atoms with Crippen LogP contribution in [0.4, 0.5) is 10.5 Å². The maximum absolute atomic E-state index is 11.8. The van der Waals surface area contributed by atoms with E-state index in [4.69, 9.17) is 5.11 Å². The molecule has 1 unspecified atom stereocenters. The van der Waals surface area contributed by atoms with Gasteiger partial charge in [0.1, 0.15) is 0 Å². The van der Waals surface area contributed by atoms with Crippen molar-refractivity contribution in [2.45, 2.75) is 19.4 Å². The fraction of sp³-hybridized carbons (Fsp3) is 0.250. The summed E-state index contributed by atoms with van der Waals surface area (Å²) in [4.78, 5) is 22.3. The number of amides is 2. The molecule has 21 heavy (non-hydrogen) atoms. The molecule has 9 heteroatoms. The van der Waals surface area contributed by atoms with E-state index in [2.05, 4.69) is 31.3 Å². The molecule has 0 saturated carbocycles. The summed E-state index contributed by atoms with van der Waals surface area (Å²) in [7, 11) is 0. The van der Waals surface area contributed by atoms with Crippen LogP contribution in [-0.4, -0.2) is 37.7 Å². The number of aromatic amines is 1. The van der Waals surface area contributed by atoms with E-state index in [-0.39, 0.29) is 6.42 Å². The van der Waals surface area contributed by atoms with Gasteiger partial charge in [-0.3, -0.25) is 4.79 Å². The predicted octanol–water partition coefficient (Wildman–Crippen LogP) is 0.709. The monoisotopic (exact) mass is 290 g/mol. The fourth-order valence-corrected chi connectivity index (χ4v) is 1.66. The lowest BCUT2D eigenvalue weighted by molar-refractivity contribution is -0.136. The van der Waals surface area contributed by atoms with Gasteiger partial charge in [0, 0.05) is 5.69 Å². The third-order valence-electron chi connectivity index (χ3n) is 2.66. The Morgan fingerprint density at radius 3 is 2.62 bits per heavy atom. The average molecular weight is 290 g/mol. The molecule has 0 saturated heterocycles. The Balaban J connectivity index is 1.89. The Hall–Kier alpha value is -2.97. The highest BCUT2D eigenvalue weighted by Gasteiger charge is 2.13. The van der Waals surface area contributed by atoms with E-state index in [0.29, 0.717) is 17.1 Å². The van der Waals surface area contributed by atoms with Crippen molar-refractivity contribution in [1.82, 2.24) is 25.9 Å². The molecule has 1 atom stereocenters. The summed E-state index contributed by atoms with van der Waals surface area (Å²) < 4.78 is 0. The summed E-state index contributed by atoms with van der Waals surface area (Å²) in [6, 6.07) is 5.75. The van der Waals surface area contributed by atoms with Gasteiger partial charge in [-0.15, -0.1) is 10.2 Å². The maximum atomic E-state index is 11.8. The molecule has 4 N–H and O–H groups in total. The molecule has 0 aliphatic rings. The second kappa shape index (κ2) is 6.46. The lowest BCUT2D eigenvalue weighted by Crippen LogP contribution is -2.31. The SMILES string of the molecule is CC(NC(=O)Nc1ccc(CC(=O)O)cc1)c1nn[nH]n1. The van der Waals surface area contributed by atoms with Gasteiger partial charge in [0.2, 0.25) is 0 Å². The summed E-state index contributed by atoms with van der Waals surface area (Å²) in [6.07, 6.45) is -0.0542. The van der Waals surface area contributed by atoms with Crippen LogP contribution in [0.5, 0.6) is 0 Å². The first-order valence-electron chi connectivity index (χ1n) is 6.16. The maximum Gasteiger partial charge on any atom is 0.319 e. The molecule has 110 valence electrons. The van der Waals surface area contributed by atoms with Crippen molar-refractivity contribution in [3.63, 3.8) is 0 Å². The molecule has 0 aliphatic carbocycles. The molecule has 0 spiro atoms. The molecule has 2 amide bonds. The minimum atomic E-state index is -0.901. The number of tetrazole rings is 1. The number of aromatic nitrogens is 4. The Labute approximate surface area is 119 Å². The number of nitrogens with one attached hydrogen (secondary N) is 3. The van der Waals surface area contributed by atoms with Crippen molar-refractivity contribution < 1.29 is 14.7 Å². The van der Waals surface area contributed by atoms with Crippen molar-refractivity contribution in [2.24, 2.45) is 0 Å². The number of carbonyl (C=O) groups is 2. The van der Waals surface area contributed by atoms with E-state index in [1.54, 1.807) is 31.2 Å². The number of nitrogens with zero attached hydrogens (tertiary/aromatic N) is 3. The number of carboxylic acid groups (broad SMARTS) is 1. The van der Waals surface area contributed by atoms with Gasteiger partial charge in [-0.05, 0) is 24.6 Å².